The molecule has 3 nitrogen and oxygen atoms in total. The summed E-state index contributed by atoms with van der Waals surface area (Å²) in [5, 5.41) is 4.20. The molecular weight excluding hydrogens is 265 g/mol. The molecule has 0 saturated heterocycles. The Balaban J connectivity index is 2.15. The normalized spacial score (nSPS) is 10.5. The molecule has 0 aliphatic rings. The van der Waals surface area contributed by atoms with Crippen LogP contribution in [0.25, 0.3) is 0 Å². The fraction of sp³-hybridized carbons (Fsp3) is 0.750. The van der Waals surface area contributed by atoms with Gasteiger partial charge in [0.05, 0.1) is 0 Å². The molecule has 0 radical (unpaired) electrons. The first-order chi connectivity index (χ1) is 5.83. The summed E-state index contributed by atoms with van der Waals surface area (Å²) in [6.07, 6.45) is 6.93. The van der Waals surface area contributed by atoms with Gasteiger partial charge in [-0.2, -0.15) is 0 Å². The number of unbranched alkanes of at least 4 members (excludes halogenated alkanes) is 3. The van der Waals surface area contributed by atoms with Gasteiger partial charge in [-0.1, -0.05) is 26.2 Å². The molecule has 1 heterocycles. The number of halogens is 1. The number of rotatable bonds is 5. The van der Waals surface area contributed by atoms with Gasteiger partial charge in [0, 0.05) is 29.1 Å². The van der Waals surface area contributed by atoms with Crippen LogP contribution in [0.3, 0.4) is 0 Å². The zero-order valence-electron chi connectivity index (χ0n) is 7.33. The molecule has 0 aliphatic carbocycles. The number of aromatic nitrogens is 3. The van der Waals surface area contributed by atoms with Crippen molar-refractivity contribution in [3.8, 4) is 0 Å². The number of hydrogen-bond acceptors (Lipinski definition) is 2. The predicted molar refractivity (Wildman–Crippen MR) is 56.9 cm³/mol. The Morgan fingerprint density at radius 3 is 2.83 bits per heavy atom. The highest BCUT2D eigenvalue weighted by atomic mass is 127. The maximum absolute atomic E-state index is 4.20. The molecular formula is C8H14IN3. The molecule has 1 aromatic rings. The largest absolute Gasteiger partial charge is 0.252 e. The van der Waals surface area contributed by atoms with Crippen molar-refractivity contribution in [3.63, 3.8) is 0 Å². The van der Waals surface area contributed by atoms with Crippen LogP contribution < -0.4 is 0 Å². The van der Waals surface area contributed by atoms with E-state index in [0.29, 0.717) is 0 Å². The summed E-state index contributed by atoms with van der Waals surface area (Å²) in [5.41, 5.74) is 0. The Hall–Kier alpha value is -0.130. The van der Waals surface area contributed by atoms with Crippen LogP contribution in [0.1, 0.15) is 32.6 Å². The summed E-state index contributed by atoms with van der Waals surface area (Å²) in [7, 11) is 0. The van der Waals surface area contributed by atoms with E-state index in [1.165, 1.54) is 25.7 Å². The van der Waals surface area contributed by atoms with E-state index >= 15 is 0 Å². The topological polar surface area (TPSA) is 30.7 Å². The average molecular weight is 279 g/mol. The van der Waals surface area contributed by atoms with Crippen molar-refractivity contribution in [2.45, 2.75) is 39.2 Å². The van der Waals surface area contributed by atoms with Gasteiger partial charge in [-0.25, -0.2) is 4.98 Å². The second-order valence-corrected chi connectivity index (χ2v) is 3.80. The van der Waals surface area contributed by atoms with E-state index in [2.05, 4.69) is 39.6 Å². The van der Waals surface area contributed by atoms with E-state index in [0.717, 1.165) is 10.4 Å². The minimum absolute atomic E-state index is 0.836. The lowest BCUT2D eigenvalue weighted by Crippen LogP contribution is -1.98. The SMILES string of the molecule is CCCCCCn1cnc(I)n1. The third kappa shape index (κ3) is 3.51. The summed E-state index contributed by atoms with van der Waals surface area (Å²) in [4.78, 5) is 4.05. The monoisotopic (exact) mass is 279 g/mol. The Labute approximate surface area is 86.7 Å². The van der Waals surface area contributed by atoms with E-state index in [1.807, 2.05) is 4.68 Å². The fourth-order valence-corrected chi connectivity index (χ4v) is 1.48. The van der Waals surface area contributed by atoms with E-state index in [1.54, 1.807) is 6.33 Å². The highest BCUT2D eigenvalue weighted by Crippen LogP contribution is 2.01. The molecule has 68 valence electrons. The predicted octanol–water partition coefficient (Wildman–Crippen LogP) is 2.46. The molecule has 0 aromatic carbocycles. The third-order valence-electron chi connectivity index (χ3n) is 1.75. The van der Waals surface area contributed by atoms with Crippen molar-refractivity contribution in [2.75, 3.05) is 0 Å². The Bertz CT molecular complexity index is 222. The highest BCUT2D eigenvalue weighted by molar-refractivity contribution is 14.1. The number of aryl methyl sites for hydroxylation is 1. The van der Waals surface area contributed by atoms with Gasteiger partial charge in [0.2, 0.25) is 3.83 Å². The molecule has 0 aliphatic heterocycles. The van der Waals surface area contributed by atoms with E-state index in [9.17, 15) is 0 Å². The van der Waals surface area contributed by atoms with Gasteiger partial charge < -0.3 is 0 Å². The molecule has 0 amide bonds. The summed E-state index contributed by atoms with van der Waals surface area (Å²) < 4.78 is 2.75. The maximum atomic E-state index is 4.20. The quantitative estimate of drug-likeness (QED) is 0.612. The van der Waals surface area contributed by atoms with Gasteiger partial charge >= 0.3 is 0 Å². The van der Waals surface area contributed by atoms with E-state index < -0.39 is 0 Å². The van der Waals surface area contributed by atoms with Crippen LogP contribution >= 0.6 is 22.6 Å². The van der Waals surface area contributed by atoms with Crippen LogP contribution in [0.4, 0.5) is 0 Å². The second kappa shape index (κ2) is 5.50. The lowest BCUT2D eigenvalue weighted by Gasteiger charge is -1.98. The molecule has 0 atom stereocenters. The van der Waals surface area contributed by atoms with Crippen LogP contribution in [0.2, 0.25) is 0 Å². The first kappa shape index (κ1) is 9.95. The van der Waals surface area contributed by atoms with Crippen LogP contribution in [-0.2, 0) is 6.54 Å². The van der Waals surface area contributed by atoms with Crippen molar-refractivity contribution in [3.05, 3.63) is 10.2 Å². The lowest BCUT2D eigenvalue weighted by molar-refractivity contribution is 0.538. The smallest absolute Gasteiger partial charge is 0.211 e. The van der Waals surface area contributed by atoms with Gasteiger partial charge in [0.1, 0.15) is 6.33 Å². The fourth-order valence-electron chi connectivity index (χ4n) is 1.08. The second-order valence-electron chi connectivity index (χ2n) is 2.84. The summed E-state index contributed by atoms with van der Waals surface area (Å²) in [6, 6.07) is 0. The summed E-state index contributed by atoms with van der Waals surface area (Å²) in [6.45, 7) is 3.23. The van der Waals surface area contributed by atoms with Gasteiger partial charge in [-0.3, -0.25) is 4.68 Å². The Morgan fingerprint density at radius 1 is 1.42 bits per heavy atom. The molecule has 12 heavy (non-hydrogen) atoms. The van der Waals surface area contributed by atoms with E-state index in [4.69, 9.17) is 0 Å². The first-order valence-corrected chi connectivity index (χ1v) is 5.45. The lowest BCUT2D eigenvalue weighted by atomic mass is 10.2. The standard InChI is InChI=1S/C8H14IN3/c1-2-3-4-5-6-12-7-10-8(9)11-12/h7H,2-6H2,1H3. The molecule has 0 N–H and O–H groups in total. The van der Waals surface area contributed by atoms with Crippen molar-refractivity contribution in [1.82, 2.24) is 14.8 Å². The van der Waals surface area contributed by atoms with Crippen LogP contribution in [0, 0.1) is 3.83 Å². The summed E-state index contributed by atoms with van der Waals surface area (Å²) in [5.74, 6) is 0. The molecule has 0 saturated carbocycles. The van der Waals surface area contributed by atoms with Crippen LogP contribution in [0.5, 0.6) is 0 Å². The zero-order valence-corrected chi connectivity index (χ0v) is 9.49. The molecule has 0 unspecified atom stereocenters. The van der Waals surface area contributed by atoms with Gasteiger partial charge in [0.15, 0.2) is 0 Å². The molecule has 0 fully saturated rings. The molecule has 0 spiro atoms. The van der Waals surface area contributed by atoms with E-state index in [-0.39, 0.29) is 0 Å². The van der Waals surface area contributed by atoms with Crippen molar-refractivity contribution in [1.29, 1.82) is 0 Å². The van der Waals surface area contributed by atoms with Crippen LogP contribution in [-0.4, -0.2) is 14.8 Å². The van der Waals surface area contributed by atoms with Crippen molar-refractivity contribution < 1.29 is 0 Å². The zero-order chi connectivity index (χ0) is 8.81. The Morgan fingerprint density at radius 2 is 2.25 bits per heavy atom. The number of hydrogen-bond donors (Lipinski definition) is 0. The first-order valence-electron chi connectivity index (χ1n) is 4.38. The summed E-state index contributed by atoms with van der Waals surface area (Å²) >= 11 is 2.13. The minimum Gasteiger partial charge on any atom is -0.252 e. The highest BCUT2D eigenvalue weighted by Gasteiger charge is 1.95. The van der Waals surface area contributed by atoms with Gasteiger partial charge in [0.25, 0.3) is 0 Å². The van der Waals surface area contributed by atoms with Gasteiger partial charge in [-0.05, 0) is 6.42 Å². The van der Waals surface area contributed by atoms with Crippen molar-refractivity contribution >= 4 is 22.6 Å². The third-order valence-corrected chi connectivity index (χ3v) is 2.24. The Kier molecular flexibility index (Phi) is 4.57. The molecule has 1 aromatic heterocycles. The minimum atomic E-state index is 0.836. The molecule has 4 heteroatoms. The van der Waals surface area contributed by atoms with Crippen molar-refractivity contribution in [2.24, 2.45) is 0 Å². The van der Waals surface area contributed by atoms with Crippen LogP contribution in [0.15, 0.2) is 6.33 Å². The average Bonchev–Trinajstić information content (AvgIpc) is 2.45. The molecule has 1 rings (SSSR count). The maximum Gasteiger partial charge on any atom is 0.211 e. The number of nitrogens with zero attached hydrogens (tertiary/aromatic N) is 3. The molecule has 0 bridgehead atoms. The van der Waals surface area contributed by atoms with Gasteiger partial charge in [-0.15, -0.1) is 5.10 Å².